The molecule has 218 valence electrons. The zero-order valence-electron chi connectivity index (χ0n) is 23.6. The number of rotatable bonds is 9. The van der Waals surface area contributed by atoms with Crippen molar-refractivity contribution in [3.63, 3.8) is 0 Å². The van der Waals surface area contributed by atoms with Gasteiger partial charge in [0.05, 0.1) is 12.7 Å². The van der Waals surface area contributed by atoms with E-state index in [1.54, 1.807) is 12.0 Å². The molecule has 3 rings (SSSR count). The highest BCUT2D eigenvalue weighted by Crippen LogP contribution is 2.30. The Morgan fingerprint density at radius 2 is 1.73 bits per heavy atom. The van der Waals surface area contributed by atoms with E-state index in [0.29, 0.717) is 52.2 Å². The summed E-state index contributed by atoms with van der Waals surface area (Å²) in [4.78, 5) is 31.4. The van der Waals surface area contributed by atoms with Crippen LogP contribution in [-0.4, -0.2) is 79.6 Å². The van der Waals surface area contributed by atoms with Gasteiger partial charge in [-0.15, -0.1) is 0 Å². The van der Waals surface area contributed by atoms with E-state index >= 15 is 0 Å². The topological polar surface area (TPSA) is 65.1 Å². The van der Waals surface area contributed by atoms with E-state index in [9.17, 15) is 22.8 Å². The molecule has 0 aliphatic carbocycles. The van der Waals surface area contributed by atoms with Gasteiger partial charge < -0.3 is 19.9 Å². The van der Waals surface area contributed by atoms with E-state index < -0.39 is 17.8 Å². The number of carbonyl (C=O) groups excluding carboxylic acids is 2. The normalized spacial score (nSPS) is 14.8. The van der Waals surface area contributed by atoms with Crippen molar-refractivity contribution in [1.29, 1.82) is 0 Å². The van der Waals surface area contributed by atoms with Gasteiger partial charge in [0.2, 0.25) is 5.91 Å². The zero-order chi connectivity index (χ0) is 29.3. The van der Waals surface area contributed by atoms with Gasteiger partial charge in [0, 0.05) is 63.5 Å². The number of methoxy groups -OCH3 is 1. The summed E-state index contributed by atoms with van der Waals surface area (Å²) < 4.78 is 44.3. The molecule has 1 saturated heterocycles. The van der Waals surface area contributed by atoms with E-state index in [2.05, 4.69) is 10.2 Å². The number of halogens is 3. The molecule has 0 atom stereocenters. The lowest BCUT2D eigenvalue weighted by molar-refractivity contribution is -0.137. The average Bonchev–Trinajstić information content (AvgIpc) is 2.89. The second kappa shape index (κ2) is 13.7. The Kier molecular flexibility index (Phi) is 10.6. The maximum Gasteiger partial charge on any atom is 0.416 e. The van der Waals surface area contributed by atoms with Crippen LogP contribution in [-0.2, 0) is 11.0 Å². The summed E-state index contributed by atoms with van der Waals surface area (Å²) in [5.74, 6) is 0.845. The molecule has 0 bridgehead atoms. The van der Waals surface area contributed by atoms with Crippen LogP contribution in [0.4, 0.5) is 23.7 Å². The number of hydrogen-bond donors (Lipinski definition) is 1. The predicted molar refractivity (Wildman–Crippen MR) is 151 cm³/mol. The molecular weight excluding hydrogens is 521 g/mol. The molecule has 40 heavy (non-hydrogen) atoms. The third-order valence-electron chi connectivity index (χ3n) is 6.58. The van der Waals surface area contributed by atoms with Crippen molar-refractivity contribution in [3.8, 4) is 5.75 Å². The fourth-order valence-corrected chi connectivity index (χ4v) is 4.41. The molecule has 3 amide bonds. The summed E-state index contributed by atoms with van der Waals surface area (Å²) in [6.07, 6.45) is -0.121. The average molecular weight is 561 g/mol. The Morgan fingerprint density at radius 3 is 2.38 bits per heavy atom. The third-order valence-corrected chi connectivity index (χ3v) is 6.58. The molecule has 2 aromatic rings. The molecule has 1 aliphatic heterocycles. The second-order valence-electron chi connectivity index (χ2n) is 11.1. The second-order valence-corrected chi connectivity index (χ2v) is 11.1. The van der Waals surface area contributed by atoms with Gasteiger partial charge in [-0.05, 0) is 29.7 Å². The summed E-state index contributed by atoms with van der Waals surface area (Å²) in [5, 5.41) is 2.57. The van der Waals surface area contributed by atoms with Gasteiger partial charge >= 0.3 is 12.2 Å². The van der Waals surface area contributed by atoms with Crippen molar-refractivity contribution in [3.05, 3.63) is 65.7 Å². The molecule has 0 aromatic heterocycles. The van der Waals surface area contributed by atoms with Crippen LogP contribution in [0.3, 0.4) is 0 Å². The first-order chi connectivity index (χ1) is 18.9. The zero-order valence-corrected chi connectivity index (χ0v) is 23.6. The van der Waals surface area contributed by atoms with Gasteiger partial charge in [0.15, 0.2) is 0 Å². The highest BCUT2D eigenvalue weighted by atomic mass is 19.4. The number of benzene rings is 2. The van der Waals surface area contributed by atoms with Crippen LogP contribution in [0, 0.1) is 5.41 Å². The maximum atomic E-state index is 13.1. The molecule has 0 spiro atoms. The minimum absolute atomic E-state index is 0.0799. The number of hydrogen-bond acceptors (Lipinski definition) is 4. The number of nitrogens with one attached hydrogen (secondary N) is 1. The first-order valence-corrected chi connectivity index (χ1v) is 13.4. The van der Waals surface area contributed by atoms with Crippen LogP contribution in [0.1, 0.15) is 38.3 Å². The number of ether oxygens (including phenoxy) is 1. The Bertz CT molecular complexity index is 1170. The standard InChI is InChI=1S/C30H39F3N4O3/c1-29(2,3)22-27(38)36(14-8-10-23-9-5-6-13-26(23)40-4)18-15-35-16-19-37(20-17-35)28(39)34-25-12-7-11-24(21-25)30(31,32)33/h5-13,21H,14-20,22H2,1-4H3,(H,34,39)/b10-8+. The molecular formula is C30H39F3N4O3. The Morgan fingerprint density at radius 1 is 1.02 bits per heavy atom. The van der Waals surface area contributed by atoms with Crippen LogP contribution in [0.5, 0.6) is 5.75 Å². The van der Waals surface area contributed by atoms with Gasteiger partial charge in [-0.2, -0.15) is 13.2 Å². The highest BCUT2D eigenvalue weighted by Gasteiger charge is 2.31. The van der Waals surface area contributed by atoms with Gasteiger partial charge in [-0.25, -0.2) is 4.79 Å². The molecule has 0 unspecified atom stereocenters. The summed E-state index contributed by atoms with van der Waals surface area (Å²) >= 11 is 0. The predicted octanol–water partition coefficient (Wildman–Crippen LogP) is 5.84. The summed E-state index contributed by atoms with van der Waals surface area (Å²) in [6, 6.07) is 11.9. The van der Waals surface area contributed by atoms with Gasteiger partial charge in [0.1, 0.15) is 5.75 Å². The van der Waals surface area contributed by atoms with Crippen LogP contribution in [0.15, 0.2) is 54.6 Å². The molecule has 1 heterocycles. The number of carbonyl (C=O) groups is 2. The summed E-state index contributed by atoms with van der Waals surface area (Å²) in [5.41, 5.74) is 0.0999. The number of anilines is 1. The minimum atomic E-state index is -4.47. The van der Waals surface area contributed by atoms with E-state index in [4.69, 9.17) is 4.74 Å². The smallest absolute Gasteiger partial charge is 0.416 e. The molecule has 1 fully saturated rings. The van der Waals surface area contributed by atoms with E-state index in [1.165, 1.54) is 12.1 Å². The SMILES string of the molecule is COc1ccccc1/C=C/CN(CCN1CCN(C(=O)Nc2cccc(C(F)(F)F)c2)CC1)C(=O)CC(C)(C)C. The van der Waals surface area contributed by atoms with Crippen molar-refractivity contribution in [1.82, 2.24) is 14.7 Å². The maximum absolute atomic E-state index is 13.1. The van der Waals surface area contributed by atoms with Crippen LogP contribution in [0.25, 0.3) is 6.08 Å². The fraction of sp³-hybridized carbons (Fsp3) is 0.467. The quantitative estimate of drug-likeness (QED) is 0.419. The Labute approximate surface area is 234 Å². The van der Waals surface area contributed by atoms with E-state index in [-0.39, 0.29) is 17.0 Å². The number of amides is 3. The van der Waals surface area contributed by atoms with Crippen molar-refractivity contribution in [2.45, 2.75) is 33.4 Å². The molecule has 0 radical (unpaired) electrons. The first-order valence-electron chi connectivity index (χ1n) is 13.4. The number of alkyl halides is 3. The largest absolute Gasteiger partial charge is 0.496 e. The van der Waals surface area contributed by atoms with Crippen LogP contribution >= 0.6 is 0 Å². The monoisotopic (exact) mass is 560 g/mol. The Balaban J connectivity index is 1.54. The lowest BCUT2D eigenvalue weighted by Gasteiger charge is -2.36. The lowest BCUT2D eigenvalue weighted by atomic mass is 9.91. The molecule has 1 aliphatic rings. The first kappa shape index (κ1) is 31.0. The molecule has 10 heteroatoms. The lowest BCUT2D eigenvalue weighted by Crippen LogP contribution is -2.51. The van der Waals surface area contributed by atoms with E-state index in [1.807, 2.05) is 62.1 Å². The van der Waals surface area contributed by atoms with Gasteiger partial charge in [0.25, 0.3) is 0 Å². The van der Waals surface area contributed by atoms with Crippen molar-refractivity contribution in [2.24, 2.45) is 5.41 Å². The third kappa shape index (κ3) is 9.59. The number of nitrogens with zero attached hydrogens (tertiary/aromatic N) is 3. The molecule has 2 aromatic carbocycles. The highest BCUT2D eigenvalue weighted by molar-refractivity contribution is 5.89. The number of urea groups is 1. The van der Waals surface area contributed by atoms with Gasteiger partial charge in [-0.1, -0.05) is 57.2 Å². The number of para-hydroxylation sites is 1. The van der Waals surface area contributed by atoms with E-state index in [0.717, 1.165) is 23.4 Å². The van der Waals surface area contributed by atoms with Crippen molar-refractivity contribution in [2.75, 3.05) is 58.2 Å². The van der Waals surface area contributed by atoms with Gasteiger partial charge in [-0.3, -0.25) is 9.69 Å². The minimum Gasteiger partial charge on any atom is -0.496 e. The fourth-order valence-electron chi connectivity index (χ4n) is 4.41. The van der Waals surface area contributed by atoms with Crippen molar-refractivity contribution >= 4 is 23.7 Å². The van der Waals surface area contributed by atoms with Crippen molar-refractivity contribution < 1.29 is 27.5 Å². The molecule has 7 nitrogen and oxygen atoms in total. The number of piperazine rings is 1. The van der Waals surface area contributed by atoms with Crippen LogP contribution in [0.2, 0.25) is 0 Å². The van der Waals surface area contributed by atoms with Crippen LogP contribution < -0.4 is 10.1 Å². The molecule has 0 saturated carbocycles. The molecule has 1 N–H and O–H groups in total. The Hall–Kier alpha value is -3.53. The summed E-state index contributed by atoms with van der Waals surface area (Å²) in [7, 11) is 1.63. The summed E-state index contributed by atoms with van der Waals surface area (Å²) in [6.45, 7) is 9.87.